The molecule has 1 aliphatic heterocycles. The van der Waals surface area contributed by atoms with E-state index >= 15 is 0 Å². The predicted octanol–water partition coefficient (Wildman–Crippen LogP) is 1.63. The van der Waals surface area contributed by atoms with Gasteiger partial charge >= 0.3 is 11.9 Å². The van der Waals surface area contributed by atoms with E-state index in [1.54, 1.807) is 18.5 Å². The van der Waals surface area contributed by atoms with Crippen molar-refractivity contribution in [3.63, 3.8) is 0 Å². The van der Waals surface area contributed by atoms with E-state index in [4.69, 9.17) is 0 Å². The van der Waals surface area contributed by atoms with Crippen molar-refractivity contribution in [1.82, 2.24) is 0 Å². The molecule has 1 heterocycles. The number of carbonyl (C=O) groups excluding carboxylic acids is 3. The number of hydrogen-bond acceptors (Lipinski definition) is 7. The number of nitrogens with zero attached hydrogens (tertiary/aromatic N) is 1. The molecule has 18 heavy (non-hydrogen) atoms. The molecular formula is C11H13NO4S2. The molecule has 1 unspecified atom stereocenters. The van der Waals surface area contributed by atoms with Gasteiger partial charge in [-0.15, -0.1) is 11.8 Å². The molecule has 0 aromatic carbocycles. The number of ether oxygens (including phenoxy) is 1. The Bertz CT molecular complexity index is 417. The molecule has 0 amide bonds. The molecule has 0 aromatic heterocycles. The first kappa shape index (κ1) is 15.0. The van der Waals surface area contributed by atoms with E-state index in [9.17, 15) is 14.4 Å². The lowest BCUT2D eigenvalue weighted by atomic mass is 10.2. The fourth-order valence-electron chi connectivity index (χ4n) is 0.992. The maximum atomic E-state index is 11.6. The number of aliphatic imine (C=N–C) groups is 1. The highest BCUT2D eigenvalue weighted by Crippen LogP contribution is 2.15. The van der Waals surface area contributed by atoms with Crippen LogP contribution in [0.1, 0.15) is 13.8 Å². The predicted molar refractivity (Wildman–Crippen MR) is 72.4 cm³/mol. The van der Waals surface area contributed by atoms with Crippen LogP contribution in [0, 0.1) is 5.92 Å². The van der Waals surface area contributed by atoms with Crippen molar-refractivity contribution >= 4 is 46.8 Å². The molecule has 0 aromatic rings. The Morgan fingerprint density at radius 3 is 2.83 bits per heavy atom. The van der Waals surface area contributed by atoms with Crippen LogP contribution in [0.15, 0.2) is 16.1 Å². The number of carbonyl (C=O) groups is 3. The molecule has 98 valence electrons. The summed E-state index contributed by atoms with van der Waals surface area (Å²) in [6.07, 6.45) is 1.58. The summed E-state index contributed by atoms with van der Waals surface area (Å²) >= 11 is 2.44. The Hall–Kier alpha value is -1.08. The molecule has 1 aliphatic rings. The van der Waals surface area contributed by atoms with E-state index < -0.39 is 17.9 Å². The quantitative estimate of drug-likeness (QED) is 0.578. The zero-order chi connectivity index (χ0) is 13.5. The number of thioether (sulfide) groups is 2. The van der Waals surface area contributed by atoms with Crippen molar-refractivity contribution in [2.75, 3.05) is 11.5 Å². The summed E-state index contributed by atoms with van der Waals surface area (Å²) in [6.45, 7) is 3.03. The van der Waals surface area contributed by atoms with E-state index in [1.807, 2.05) is 0 Å². The first-order valence-corrected chi connectivity index (χ1v) is 7.28. The molecule has 0 fully saturated rings. The summed E-state index contributed by atoms with van der Waals surface area (Å²) in [6, 6.07) is 0. The van der Waals surface area contributed by atoms with Crippen molar-refractivity contribution in [2.45, 2.75) is 13.8 Å². The SMILES string of the molecule is CC(=O)SCC(C)C(=O)OC(=O)C1=CSCC=N1. The van der Waals surface area contributed by atoms with Crippen LogP contribution < -0.4 is 0 Å². The lowest BCUT2D eigenvalue weighted by Crippen LogP contribution is -2.22. The zero-order valence-electron chi connectivity index (χ0n) is 10.0. The molecule has 1 rings (SSSR count). The molecule has 0 spiro atoms. The topological polar surface area (TPSA) is 72.8 Å². The molecule has 0 saturated carbocycles. The van der Waals surface area contributed by atoms with E-state index in [0.717, 1.165) is 11.8 Å². The van der Waals surface area contributed by atoms with Gasteiger partial charge in [0.05, 0.1) is 5.92 Å². The molecule has 7 heteroatoms. The fraction of sp³-hybridized carbons (Fsp3) is 0.455. The van der Waals surface area contributed by atoms with Gasteiger partial charge in [-0.1, -0.05) is 18.7 Å². The Kier molecular flexibility index (Phi) is 6.14. The molecule has 0 aliphatic carbocycles. The minimum absolute atomic E-state index is 0.0723. The first-order valence-electron chi connectivity index (χ1n) is 5.24. The van der Waals surface area contributed by atoms with Crippen LogP contribution in [-0.2, 0) is 19.1 Å². The Morgan fingerprint density at radius 1 is 1.56 bits per heavy atom. The third-order valence-corrected chi connectivity index (χ3v) is 3.74. The minimum Gasteiger partial charge on any atom is -0.388 e. The van der Waals surface area contributed by atoms with E-state index in [0.29, 0.717) is 11.5 Å². The first-order chi connectivity index (χ1) is 8.50. The molecule has 0 N–H and O–H groups in total. The van der Waals surface area contributed by atoms with Crippen LogP contribution in [0.3, 0.4) is 0 Å². The van der Waals surface area contributed by atoms with Gasteiger partial charge in [-0.25, -0.2) is 4.79 Å². The van der Waals surface area contributed by atoms with Crippen molar-refractivity contribution in [3.8, 4) is 0 Å². The fourth-order valence-corrected chi connectivity index (χ4v) is 2.18. The second-order valence-electron chi connectivity index (χ2n) is 3.56. The molecule has 1 atom stereocenters. The number of hydrogen-bond donors (Lipinski definition) is 0. The van der Waals surface area contributed by atoms with Crippen LogP contribution in [0.25, 0.3) is 0 Å². The summed E-state index contributed by atoms with van der Waals surface area (Å²) in [5.74, 6) is -0.887. The van der Waals surface area contributed by atoms with Gasteiger partial charge in [0, 0.05) is 30.1 Å². The van der Waals surface area contributed by atoms with Gasteiger partial charge in [0.1, 0.15) is 0 Å². The van der Waals surface area contributed by atoms with Crippen molar-refractivity contribution in [1.29, 1.82) is 0 Å². The summed E-state index contributed by atoms with van der Waals surface area (Å²) in [7, 11) is 0. The van der Waals surface area contributed by atoms with Gasteiger partial charge in [-0.05, 0) is 0 Å². The number of esters is 2. The van der Waals surface area contributed by atoms with E-state index in [-0.39, 0.29) is 10.8 Å². The molecule has 5 nitrogen and oxygen atoms in total. The molecule has 0 bridgehead atoms. The van der Waals surface area contributed by atoms with Gasteiger partial charge in [0.25, 0.3) is 0 Å². The highest BCUT2D eigenvalue weighted by Gasteiger charge is 2.21. The average molecular weight is 287 g/mol. The second kappa shape index (κ2) is 7.38. The lowest BCUT2D eigenvalue weighted by Gasteiger charge is -2.09. The second-order valence-corrected chi connectivity index (χ2v) is 5.66. The Morgan fingerprint density at radius 2 is 2.28 bits per heavy atom. The molecule has 0 radical (unpaired) electrons. The highest BCUT2D eigenvalue weighted by atomic mass is 32.2. The highest BCUT2D eigenvalue weighted by molar-refractivity contribution is 8.13. The van der Waals surface area contributed by atoms with Crippen LogP contribution in [-0.4, -0.2) is 34.8 Å². The Balaban J connectivity index is 2.43. The van der Waals surface area contributed by atoms with Crippen molar-refractivity contribution in [2.24, 2.45) is 10.9 Å². The normalized spacial score (nSPS) is 15.8. The van der Waals surface area contributed by atoms with Gasteiger partial charge < -0.3 is 4.74 Å². The average Bonchev–Trinajstić information content (AvgIpc) is 2.36. The van der Waals surface area contributed by atoms with Crippen LogP contribution in [0.2, 0.25) is 0 Å². The van der Waals surface area contributed by atoms with Crippen molar-refractivity contribution in [3.05, 3.63) is 11.1 Å². The summed E-state index contributed by atoms with van der Waals surface area (Å²) in [5, 5.41) is 1.49. The standard InChI is InChI=1S/C11H13NO4S2/c1-7(5-18-8(2)13)10(14)16-11(15)9-6-17-4-3-12-9/h3,6-7H,4-5H2,1-2H3. The zero-order valence-corrected chi connectivity index (χ0v) is 11.7. The monoisotopic (exact) mass is 287 g/mol. The summed E-state index contributed by atoms with van der Waals surface area (Å²) in [4.78, 5) is 37.7. The van der Waals surface area contributed by atoms with Gasteiger partial charge in [0.2, 0.25) is 0 Å². The largest absolute Gasteiger partial charge is 0.388 e. The summed E-state index contributed by atoms with van der Waals surface area (Å²) < 4.78 is 4.69. The minimum atomic E-state index is -0.747. The van der Waals surface area contributed by atoms with Gasteiger partial charge in [-0.2, -0.15) is 0 Å². The third kappa shape index (κ3) is 5.05. The van der Waals surface area contributed by atoms with Gasteiger partial charge in [0.15, 0.2) is 10.8 Å². The van der Waals surface area contributed by atoms with E-state index in [2.05, 4.69) is 9.73 Å². The lowest BCUT2D eigenvalue weighted by molar-refractivity contribution is -0.159. The van der Waals surface area contributed by atoms with Crippen LogP contribution >= 0.6 is 23.5 Å². The van der Waals surface area contributed by atoms with Crippen LogP contribution in [0.4, 0.5) is 0 Å². The maximum absolute atomic E-state index is 11.6. The maximum Gasteiger partial charge on any atom is 0.365 e. The summed E-state index contributed by atoms with van der Waals surface area (Å²) in [5.41, 5.74) is 0.131. The third-order valence-electron chi connectivity index (χ3n) is 1.94. The number of rotatable bonds is 4. The smallest absolute Gasteiger partial charge is 0.365 e. The molecular weight excluding hydrogens is 274 g/mol. The van der Waals surface area contributed by atoms with Crippen molar-refractivity contribution < 1.29 is 19.1 Å². The van der Waals surface area contributed by atoms with Crippen LogP contribution in [0.5, 0.6) is 0 Å². The van der Waals surface area contributed by atoms with Gasteiger partial charge in [-0.3, -0.25) is 14.6 Å². The van der Waals surface area contributed by atoms with E-state index in [1.165, 1.54) is 18.7 Å². The Labute approximate surface area is 113 Å². The molecule has 0 saturated heterocycles.